The maximum absolute atomic E-state index is 11.2. The average Bonchev–Trinajstić information content (AvgIpc) is 2.44. The minimum absolute atomic E-state index is 0.143. The van der Waals surface area contributed by atoms with Crippen LogP contribution in [0.5, 0.6) is 0 Å². The third-order valence-corrected chi connectivity index (χ3v) is 5.58. The van der Waals surface area contributed by atoms with Gasteiger partial charge in [-0.3, -0.25) is 0 Å². The third kappa shape index (κ3) is 6.02. The quantitative estimate of drug-likeness (QED) is 0.422. The van der Waals surface area contributed by atoms with Crippen molar-refractivity contribution in [2.24, 2.45) is 0 Å². The van der Waals surface area contributed by atoms with Crippen LogP contribution in [-0.2, 0) is 15.7 Å². The summed E-state index contributed by atoms with van der Waals surface area (Å²) < 4.78 is 4.85. The maximum Gasteiger partial charge on any atom is 0.330 e. The lowest BCUT2D eigenvalue weighted by Crippen LogP contribution is -1.98. The van der Waals surface area contributed by atoms with E-state index in [0.29, 0.717) is 6.61 Å². The largest absolute Gasteiger partial charge is 0.463 e. The van der Waals surface area contributed by atoms with Crippen molar-refractivity contribution in [1.29, 1.82) is 0 Å². The van der Waals surface area contributed by atoms with Gasteiger partial charge in [-0.05, 0) is 42.6 Å². The molecule has 1 aromatic carbocycles. The Morgan fingerprint density at radius 3 is 2.32 bits per heavy atom. The minimum Gasteiger partial charge on any atom is -0.463 e. The molecule has 2 nitrogen and oxygen atoms in total. The Morgan fingerprint density at radius 2 is 1.79 bits per heavy atom. The lowest BCUT2D eigenvalue weighted by atomic mass is 10.1. The molecule has 3 heteroatoms. The van der Waals surface area contributed by atoms with Crippen LogP contribution in [0, 0.1) is 0 Å². The van der Waals surface area contributed by atoms with Crippen molar-refractivity contribution in [1.82, 2.24) is 0 Å². The van der Waals surface area contributed by atoms with Gasteiger partial charge in [-0.1, -0.05) is 38.1 Å². The molecule has 0 aliphatic rings. The fourth-order valence-electron chi connectivity index (χ4n) is 1.79. The van der Waals surface area contributed by atoms with Crippen LogP contribution in [0.15, 0.2) is 30.3 Å². The molecule has 104 valence electrons. The van der Waals surface area contributed by atoms with Gasteiger partial charge in [0.25, 0.3) is 0 Å². The van der Waals surface area contributed by atoms with Crippen molar-refractivity contribution < 1.29 is 9.53 Å². The van der Waals surface area contributed by atoms with E-state index in [1.54, 1.807) is 13.0 Å². The summed E-state index contributed by atoms with van der Waals surface area (Å²) in [7, 11) is 0.143. The standard InChI is InChI=1S/C16H23O2P/c1-4-18-16(17)12-11-14-7-9-15(10-8-14)13-19(5-2)6-3/h7-12H,4-6,13H2,1-3H3/b12-11+. The minimum atomic E-state index is -0.285. The number of carbonyl (C=O) groups excluding carboxylic acids is 1. The first kappa shape index (κ1) is 15.9. The van der Waals surface area contributed by atoms with E-state index in [0.717, 1.165) is 5.56 Å². The van der Waals surface area contributed by atoms with Gasteiger partial charge in [-0.25, -0.2) is 4.79 Å². The third-order valence-electron chi connectivity index (χ3n) is 2.98. The van der Waals surface area contributed by atoms with Crippen LogP contribution in [0.4, 0.5) is 0 Å². The molecule has 0 bridgehead atoms. The Labute approximate surface area is 117 Å². The molecule has 0 radical (unpaired) electrons. The van der Waals surface area contributed by atoms with E-state index in [1.807, 2.05) is 0 Å². The Bertz CT molecular complexity index is 405. The molecule has 1 aromatic rings. The normalized spacial score (nSPS) is 11.2. The summed E-state index contributed by atoms with van der Waals surface area (Å²) in [6.45, 7) is 6.76. The number of hydrogen-bond donors (Lipinski definition) is 0. The average molecular weight is 278 g/mol. The van der Waals surface area contributed by atoms with Gasteiger partial charge in [-0.15, -0.1) is 7.92 Å². The van der Waals surface area contributed by atoms with Crippen molar-refractivity contribution in [2.75, 3.05) is 18.9 Å². The van der Waals surface area contributed by atoms with E-state index in [1.165, 1.54) is 30.1 Å². The highest BCUT2D eigenvalue weighted by atomic mass is 31.1. The summed E-state index contributed by atoms with van der Waals surface area (Å²) in [5.41, 5.74) is 2.43. The number of esters is 1. The Kier molecular flexibility index (Phi) is 7.43. The van der Waals surface area contributed by atoms with Gasteiger partial charge in [0.1, 0.15) is 0 Å². The molecule has 0 aliphatic heterocycles. The molecule has 0 N–H and O–H groups in total. The van der Waals surface area contributed by atoms with E-state index in [2.05, 4.69) is 38.1 Å². The van der Waals surface area contributed by atoms with E-state index < -0.39 is 0 Å². The number of benzene rings is 1. The molecular formula is C16H23O2P. The Hall–Kier alpha value is -1.14. The summed E-state index contributed by atoms with van der Waals surface area (Å²) in [5.74, 6) is -0.285. The molecule has 0 saturated carbocycles. The molecule has 0 spiro atoms. The van der Waals surface area contributed by atoms with Crippen LogP contribution in [0.3, 0.4) is 0 Å². The van der Waals surface area contributed by atoms with E-state index in [9.17, 15) is 4.79 Å². The molecule has 0 fully saturated rings. The number of hydrogen-bond acceptors (Lipinski definition) is 2. The molecule has 19 heavy (non-hydrogen) atoms. The van der Waals surface area contributed by atoms with Crippen molar-refractivity contribution >= 4 is 20.0 Å². The van der Waals surface area contributed by atoms with E-state index >= 15 is 0 Å². The number of ether oxygens (including phenoxy) is 1. The van der Waals surface area contributed by atoms with Crippen molar-refractivity contribution in [3.05, 3.63) is 41.5 Å². The van der Waals surface area contributed by atoms with Crippen molar-refractivity contribution in [2.45, 2.75) is 26.9 Å². The molecule has 1 rings (SSSR count). The van der Waals surface area contributed by atoms with Crippen LogP contribution in [0.2, 0.25) is 0 Å². The Balaban J connectivity index is 2.58. The summed E-state index contributed by atoms with van der Waals surface area (Å²) in [5, 5.41) is 0. The fourth-order valence-corrected chi connectivity index (χ4v) is 3.42. The highest BCUT2D eigenvalue weighted by Gasteiger charge is 2.03. The monoisotopic (exact) mass is 278 g/mol. The first-order chi connectivity index (χ1) is 9.19. The summed E-state index contributed by atoms with van der Waals surface area (Å²) in [6, 6.07) is 8.44. The van der Waals surface area contributed by atoms with Crippen LogP contribution in [0.1, 0.15) is 31.9 Å². The molecule has 0 aliphatic carbocycles. The lowest BCUT2D eigenvalue weighted by Gasteiger charge is -2.12. The highest BCUT2D eigenvalue weighted by molar-refractivity contribution is 7.56. The van der Waals surface area contributed by atoms with Gasteiger partial charge in [0.15, 0.2) is 0 Å². The van der Waals surface area contributed by atoms with E-state index in [-0.39, 0.29) is 13.9 Å². The zero-order valence-electron chi connectivity index (χ0n) is 12.1. The topological polar surface area (TPSA) is 26.3 Å². The molecular weight excluding hydrogens is 255 g/mol. The fraction of sp³-hybridized carbons (Fsp3) is 0.438. The molecule has 0 unspecified atom stereocenters. The molecule has 0 atom stereocenters. The van der Waals surface area contributed by atoms with Crippen LogP contribution < -0.4 is 0 Å². The van der Waals surface area contributed by atoms with Crippen LogP contribution >= 0.6 is 7.92 Å². The second kappa shape index (κ2) is 8.87. The molecule has 0 saturated heterocycles. The van der Waals surface area contributed by atoms with Crippen molar-refractivity contribution in [3.8, 4) is 0 Å². The summed E-state index contributed by atoms with van der Waals surface area (Å²) in [6.07, 6.45) is 7.05. The molecule has 0 heterocycles. The maximum atomic E-state index is 11.2. The predicted molar refractivity (Wildman–Crippen MR) is 83.8 cm³/mol. The van der Waals surface area contributed by atoms with Gasteiger partial charge < -0.3 is 4.74 Å². The summed E-state index contributed by atoms with van der Waals surface area (Å²) >= 11 is 0. The molecule has 0 amide bonds. The lowest BCUT2D eigenvalue weighted by molar-refractivity contribution is -0.137. The first-order valence-electron chi connectivity index (χ1n) is 6.85. The van der Waals surface area contributed by atoms with Gasteiger partial charge in [0.2, 0.25) is 0 Å². The Morgan fingerprint density at radius 1 is 1.16 bits per heavy atom. The van der Waals surface area contributed by atoms with E-state index in [4.69, 9.17) is 4.74 Å². The van der Waals surface area contributed by atoms with Crippen LogP contribution in [-0.4, -0.2) is 24.9 Å². The zero-order chi connectivity index (χ0) is 14.1. The zero-order valence-corrected chi connectivity index (χ0v) is 13.0. The van der Waals surface area contributed by atoms with Crippen LogP contribution in [0.25, 0.3) is 6.08 Å². The van der Waals surface area contributed by atoms with Gasteiger partial charge in [0.05, 0.1) is 6.61 Å². The smallest absolute Gasteiger partial charge is 0.330 e. The summed E-state index contributed by atoms with van der Waals surface area (Å²) in [4.78, 5) is 11.2. The number of carbonyl (C=O) groups is 1. The second-order valence-corrected chi connectivity index (χ2v) is 7.21. The predicted octanol–water partition coefficient (Wildman–Crippen LogP) is 4.28. The van der Waals surface area contributed by atoms with Gasteiger partial charge >= 0.3 is 5.97 Å². The SMILES string of the molecule is CCOC(=O)/C=C/c1ccc(CP(CC)CC)cc1. The van der Waals surface area contributed by atoms with Gasteiger partial charge in [-0.2, -0.15) is 0 Å². The molecule has 0 aromatic heterocycles. The van der Waals surface area contributed by atoms with Gasteiger partial charge in [0, 0.05) is 6.08 Å². The second-order valence-electron chi connectivity index (χ2n) is 4.29. The first-order valence-corrected chi connectivity index (χ1v) is 8.75. The number of rotatable bonds is 7. The van der Waals surface area contributed by atoms with Crippen molar-refractivity contribution in [3.63, 3.8) is 0 Å². The highest BCUT2D eigenvalue weighted by Crippen LogP contribution is 2.38.